The molecule has 6 nitrogen and oxygen atoms in total. The lowest BCUT2D eigenvalue weighted by Crippen LogP contribution is -2.04. The predicted octanol–water partition coefficient (Wildman–Crippen LogP) is 4.58. The fraction of sp³-hybridized carbons (Fsp3) is 0.263. The largest absolute Gasteiger partial charge is 0.492 e. The number of ether oxygens (including phenoxy) is 1. The minimum Gasteiger partial charge on any atom is -0.492 e. The summed E-state index contributed by atoms with van der Waals surface area (Å²) >= 11 is 4.90. The molecule has 0 aliphatic rings. The summed E-state index contributed by atoms with van der Waals surface area (Å²) in [5.41, 5.74) is 1.54. The number of ketones is 1. The minimum atomic E-state index is 0.143. The molecule has 0 N–H and O–H groups in total. The number of tetrazole rings is 1. The molecule has 1 aromatic heterocycles. The Labute approximate surface area is 170 Å². The van der Waals surface area contributed by atoms with E-state index in [0.29, 0.717) is 18.2 Å². The SMILES string of the molecule is CCOc1ccccc1-n1nnnc1SCCCC(=O)c1ccc(Br)cc1. The number of benzene rings is 2. The van der Waals surface area contributed by atoms with Gasteiger partial charge in [-0.15, -0.1) is 5.10 Å². The highest BCUT2D eigenvalue weighted by molar-refractivity contribution is 9.10. The van der Waals surface area contributed by atoms with Crippen LogP contribution in [0.25, 0.3) is 5.69 Å². The third-order valence-electron chi connectivity index (χ3n) is 3.78. The maximum Gasteiger partial charge on any atom is 0.214 e. The highest BCUT2D eigenvalue weighted by atomic mass is 79.9. The average molecular weight is 447 g/mol. The van der Waals surface area contributed by atoms with Gasteiger partial charge in [-0.05, 0) is 48.0 Å². The van der Waals surface area contributed by atoms with Crippen LogP contribution in [0, 0.1) is 0 Å². The first-order valence-electron chi connectivity index (χ1n) is 8.61. The Morgan fingerprint density at radius 2 is 1.96 bits per heavy atom. The number of carbonyl (C=O) groups excluding carboxylic acids is 1. The Kier molecular flexibility index (Phi) is 7.00. The topological polar surface area (TPSA) is 69.9 Å². The number of carbonyl (C=O) groups is 1. The molecule has 0 amide bonds. The van der Waals surface area contributed by atoms with Crippen molar-refractivity contribution < 1.29 is 9.53 Å². The highest BCUT2D eigenvalue weighted by Gasteiger charge is 2.13. The number of halogens is 1. The molecule has 8 heteroatoms. The van der Waals surface area contributed by atoms with Crippen molar-refractivity contribution in [2.24, 2.45) is 0 Å². The van der Waals surface area contributed by atoms with E-state index in [0.717, 1.165) is 33.6 Å². The normalized spacial score (nSPS) is 10.7. The van der Waals surface area contributed by atoms with Gasteiger partial charge in [-0.25, -0.2) is 0 Å². The zero-order valence-electron chi connectivity index (χ0n) is 14.8. The number of nitrogens with zero attached hydrogens (tertiary/aromatic N) is 4. The second kappa shape index (κ2) is 9.66. The highest BCUT2D eigenvalue weighted by Crippen LogP contribution is 2.26. The number of para-hydroxylation sites is 2. The van der Waals surface area contributed by atoms with Gasteiger partial charge in [-0.1, -0.05) is 52.0 Å². The van der Waals surface area contributed by atoms with Crippen molar-refractivity contribution in [1.82, 2.24) is 20.2 Å². The average Bonchev–Trinajstić information content (AvgIpc) is 3.14. The Hall–Kier alpha value is -2.19. The van der Waals surface area contributed by atoms with Gasteiger partial charge in [0.15, 0.2) is 5.78 Å². The molecule has 3 aromatic rings. The van der Waals surface area contributed by atoms with E-state index in [1.165, 1.54) is 11.8 Å². The van der Waals surface area contributed by atoms with E-state index in [4.69, 9.17) is 4.74 Å². The molecule has 0 spiro atoms. The molecule has 0 bridgehead atoms. The molecular formula is C19H19BrN4O2S. The second-order valence-corrected chi connectivity index (χ2v) is 7.63. The van der Waals surface area contributed by atoms with Crippen LogP contribution in [0.15, 0.2) is 58.2 Å². The lowest BCUT2D eigenvalue weighted by molar-refractivity contribution is 0.0982. The first kappa shape index (κ1) is 19.6. The number of Topliss-reactive ketones (excluding diaryl/α,β-unsaturated/α-hetero) is 1. The lowest BCUT2D eigenvalue weighted by atomic mass is 10.1. The van der Waals surface area contributed by atoms with Crippen molar-refractivity contribution in [3.63, 3.8) is 0 Å². The van der Waals surface area contributed by atoms with Crippen LogP contribution in [0.1, 0.15) is 30.1 Å². The third kappa shape index (κ3) is 5.17. The van der Waals surface area contributed by atoms with Gasteiger partial charge in [0.2, 0.25) is 5.16 Å². The number of rotatable bonds is 9. The van der Waals surface area contributed by atoms with Gasteiger partial charge < -0.3 is 4.74 Å². The summed E-state index contributed by atoms with van der Waals surface area (Å²) in [5, 5.41) is 12.6. The molecule has 0 aliphatic heterocycles. The molecular weight excluding hydrogens is 428 g/mol. The van der Waals surface area contributed by atoms with Crippen LogP contribution in [-0.2, 0) is 0 Å². The van der Waals surface area contributed by atoms with E-state index in [-0.39, 0.29) is 5.78 Å². The van der Waals surface area contributed by atoms with Crippen molar-refractivity contribution in [1.29, 1.82) is 0 Å². The Balaban J connectivity index is 1.58. The summed E-state index contributed by atoms with van der Waals surface area (Å²) < 4.78 is 8.30. The molecule has 0 fully saturated rings. The van der Waals surface area contributed by atoms with Gasteiger partial charge in [0.1, 0.15) is 11.4 Å². The third-order valence-corrected chi connectivity index (χ3v) is 5.31. The molecule has 0 radical (unpaired) electrons. The summed E-state index contributed by atoms with van der Waals surface area (Å²) in [6.45, 7) is 2.51. The summed E-state index contributed by atoms with van der Waals surface area (Å²) in [5.74, 6) is 1.63. The van der Waals surface area contributed by atoms with E-state index >= 15 is 0 Å². The van der Waals surface area contributed by atoms with Crippen molar-refractivity contribution in [3.8, 4) is 11.4 Å². The van der Waals surface area contributed by atoms with Crippen LogP contribution >= 0.6 is 27.7 Å². The van der Waals surface area contributed by atoms with E-state index in [9.17, 15) is 4.79 Å². The van der Waals surface area contributed by atoms with Crippen molar-refractivity contribution in [2.75, 3.05) is 12.4 Å². The van der Waals surface area contributed by atoms with Crippen LogP contribution in [-0.4, -0.2) is 38.4 Å². The molecule has 27 heavy (non-hydrogen) atoms. The van der Waals surface area contributed by atoms with E-state index in [1.807, 2.05) is 55.5 Å². The summed E-state index contributed by atoms with van der Waals surface area (Å²) in [4.78, 5) is 12.2. The monoisotopic (exact) mass is 446 g/mol. The lowest BCUT2D eigenvalue weighted by Gasteiger charge is -2.10. The van der Waals surface area contributed by atoms with Crippen molar-refractivity contribution >= 4 is 33.5 Å². The predicted molar refractivity (Wildman–Crippen MR) is 109 cm³/mol. The number of thioether (sulfide) groups is 1. The van der Waals surface area contributed by atoms with Gasteiger partial charge in [0.25, 0.3) is 0 Å². The van der Waals surface area contributed by atoms with Crippen LogP contribution in [0.2, 0.25) is 0 Å². The fourth-order valence-electron chi connectivity index (χ4n) is 2.51. The summed E-state index contributed by atoms with van der Waals surface area (Å²) in [6.07, 6.45) is 1.24. The first-order valence-corrected chi connectivity index (χ1v) is 10.4. The van der Waals surface area contributed by atoms with Gasteiger partial charge in [0.05, 0.1) is 6.61 Å². The molecule has 140 valence electrons. The zero-order chi connectivity index (χ0) is 19.1. The second-order valence-electron chi connectivity index (χ2n) is 5.66. The minimum absolute atomic E-state index is 0.143. The smallest absolute Gasteiger partial charge is 0.214 e. The maximum absolute atomic E-state index is 12.2. The number of aromatic nitrogens is 4. The number of hydrogen-bond acceptors (Lipinski definition) is 6. The molecule has 1 heterocycles. The number of hydrogen-bond donors (Lipinski definition) is 0. The summed E-state index contributed by atoms with van der Waals surface area (Å²) in [6, 6.07) is 15.1. The van der Waals surface area contributed by atoms with Crippen LogP contribution < -0.4 is 4.74 Å². The Morgan fingerprint density at radius 3 is 2.74 bits per heavy atom. The Bertz CT molecular complexity index is 899. The van der Waals surface area contributed by atoms with Crippen LogP contribution in [0.3, 0.4) is 0 Å². The molecule has 0 unspecified atom stereocenters. The van der Waals surface area contributed by atoms with Gasteiger partial charge in [0, 0.05) is 22.2 Å². The molecule has 2 aromatic carbocycles. The zero-order valence-corrected chi connectivity index (χ0v) is 17.2. The van der Waals surface area contributed by atoms with Crippen LogP contribution in [0.4, 0.5) is 0 Å². The van der Waals surface area contributed by atoms with E-state index in [1.54, 1.807) is 4.68 Å². The molecule has 0 saturated heterocycles. The molecule has 0 aliphatic carbocycles. The van der Waals surface area contributed by atoms with Gasteiger partial charge in [-0.2, -0.15) is 4.68 Å². The van der Waals surface area contributed by atoms with Crippen LogP contribution in [0.5, 0.6) is 5.75 Å². The van der Waals surface area contributed by atoms with E-state index in [2.05, 4.69) is 31.5 Å². The maximum atomic E-state index is 12.2. The first-order chi connectivity index (χ1) is 13.2. The molecule has 0 saturated carbocycles. The van der Waals surface area contributed by atoms with Gasteiger partial charge in [-0.3, -0.25) is 4.79 Å². The van der Waals surface area contributed by atoms with Crippen molar-refractivity contribution in [2.45, 2.75) is 24.9 Å². The van der Waals surface area contributed by atoms with Crippen molar-refractivity contribution in [3.05, 3.63) is 58.6 Å². The molecule has 3 rings (SSSR count). The van der Waals surface area contributed by atoms with E-state index < -0.39 is 0 Å². The summed E-state index contributed by atoms with van der Waals surface area (Å²) in [7, 11) is 0. The van der Waals surface area contributed by atoms with Gasteiger partial charge >= 0.3 is 0 Å². The standard InChI is InChI=1S/C19H19BrN4O2S/c1-2-26-18-8-4-3-6-16(18)24-19(21-22-23-24)27-13-5-7-17(25)14-9-11-15(20)12-10-14/h3-4,6,8-12H,2,5,7,13H2,1H3. The fourth-order valence-corrected chi connectivity index (χ4v) is 3.59. The molecule has 0 atom stereocenters. The Morgan fingerprint density at radius 1 is 1.19 bits per heavy atom. The quantitative estimate of drug-likeness (QED) is 0.272.